The van der Waals surface area contributed by atoms with Crippen LogP contribution in [0.5, 0.6) is 0 Å². The minimum Gasteiger partial charge on any atom is -0.367 e. The Kier molecular flexibility index (Phi) is 5.64. The van der Waals surface area contributed by atoms with E-state index in [9.17, 15) is 4.79 Å². The average Bonchev–Trinajstić information content (AvgIpc) is 3.13. The Hall–Kier alpha value is -2.59. The molecule has 4 heteroatoms. The quantitative estimate of drug-likeness (QED) is 0.673. The summed E-state index contributed by atoms with van der Waals surface area (Å²) in [7, 11) is 0. The van der Waals surface area contributed by atoms with Crippen LogP contribution in [0.25, 0.3) is 0 Å². The van der Waals surface area contributed by atoms with Gasteiger partial charge in [-0.3, -0.25) is 4.79 Å². The summed E-state index contributed by atoms with van der Waals surface area (Å²) in [5, 5.41) is 7.18. The summed E-state index contributed by atoms with van der Waals surface area (Å²) in [6, 6.07) is 21.9. The van der Waals surface area contributed by atoms with Gasteiger partial charge in [0.15, 0.2) is 0 Å². The van der Waals surface area contributed by atoms with Crippen molar-refractivity contribution < 1.29 is 4.79 Å². The monoisotopic (exact) mass is 336 g/mol. The van der Waals surface area contributed by atoms with Gasteiger partial charge in [0.2, 0.25) is 5.91 Å². The zero-order chi connectivity index (χ0) is 16.6. The fourth-order valence-corrected chi connectivity index (χ4v) is 3.18. The van der Waals surface area contributed by atoms with Crippen LogP contribution in [-0.2, 0) is 11.3 Å². The van der Waals surface area contributed by atoms with Gasteiger partial charge < -0.3 is 10.2 Å². The van der Waals surface area contributed by atoms with E-state index in [1.165, 1.54) is 5.56 Å². The molecule has 1 heterocycles. The molecular weight excluding hydrogens is 316 g/mol. The van der Waals surface area contributed by atoms with Crippen molar-refractivity contribution >= 4 is 28.6 Å². The average molecular weight is 336 g/mol. The van der Waals surface area contributed by atoms with Crippen LogP contribution < -0.4 is 10.2 Å². The highest BCUT2D eigenvalue weighted by molar-refractivity contribution is 7.07. The Labute approximate surface area is 146 Å². The summed E-state index contributed by atoms with van der Waals surface area (Å²) in [5.74, 6) is 0.0347. The molecule has 1 N–H and O–H groups in total. The number of anilines is 2. The lowest BCUT2D eigenvalue weighted by molar-refractivity contribution is -0.116. The van der Waals surface area contributed by atoms with Crippen LogP contribution in [-0.4, -0.2) is 12.5 Å². The highest BCUT2D eigenvalue weighted by Gasteiger charge is 2.10. The zero-order valence-electron chi connectivity index (χ0n) is 13.4. The summed E-state index contributed by atoms with van der Waals surface area (Å²) in [5.41, 5.74) is 3.25. The molecule has 122 valence electrons. The molecule has 3 aromatic rings. The topological polar surface area (TPSA) is 32.3 Å². The summed E-state index contributed by atoms with van der Waals surface area (Å²) in [4.78, 5) is 14.5. The molecule has 24 heavy (non-hydrogen) atoms. The second-order valence-electron chi connectivity index (χ2n) is 5.55. The van der Waals surface area contributed by atoms with Gasteiger partial charge in [-0.25, -0.2) is 0 Å². The van der Waals surface area contributed by atoms with Crippen LogP contribution in [0.1, 0.15) is 12.0 Å². The van der Waals surface area contributed by atoms with Gasteiger partial charge in [-0.15, -0.1) is 0 Å². The second-order valence-corrected chi connectivity index (χ2v) is 6.33. The van der Waals surface area contributed by atoms with Crippen molar-refractivity contribution in [3.05, 3.63) is 83.1 Å². The number of hydrogen-bond donors (Lipinski definition) is 1. The third kappa shape index (κ3) is 4.70. The number of nitrogens with one attached hydrogen (secondary N) is 1. The van der Waals surface area contributed by atoms with E-state index >= 15 is 0 Å². The Balaban J connectivity index is 1.62. The van der Waals surface area contributed by atoms with Crippen molar-refractivity contribution in [2.75, 3.05) is 16.8 Å². The molecule has 0 aliphatic heterocycles. The van der Waals surface area contributed by atoms with Gasteiger partial charge >= 0.3 is 0 Å². The molecule has 3 rings (SSSR count). The van der Waals surface area contributed by atoms with Crippen molar-refractivity contribution in [1.29, 1.82) is 0 Å². The van der Waals surface area contributed by atoms with Gasteiger partial charge in [0.25, 0.3) is 0 Å². The predicted octanol–water partition coefficient (Wildman–Crippen LogP) is 4.78. The van der Waals surface area contributed by atoms with E-state index in [1.807, 2.05) is 48.5 Å². The number of carbonyl (C=O) groups excluding carboxylic acids is 1. The maximum Gasteiger partial charge on any atom is 0.226 e. The molecule has 0 unspecified atom stereocenters. The van der Waals surface area contributed by atoms with Gasteiger partial charge in [0.1, 0.15) is 0 Å². The first-order valence-electron chi connectivity index (χ1n) is 7.97. The third-order valence-corrected chi connectivity index (χ3v) is 4.47. The first-order valence-corrected chi connectivity index (χ1v) is 8.91. The minimum atomic E-state index is 0.0347. The minimum absolute atomic E-state index is 0.0347. The van der Waals surface area contributed by atoms with Gasteiger partial charge in [-0.2, -0.15) is 11.3 Å². The largest absolute Gasteiger partial charge is 0.367 e. The molecule has 1 aromatic heterocycles. The van der Waals surface area contributed by atoms with E-state index in [1.54, 1.807) is 11.3 Å². The number of thiophene rings is 1. The first kappa shape index (κ1) is 16.3. The van der Waals surface area contributed by atoms with Gasteiger partial charge in [-0.1, -0.05) is 36.4 Å². The van der Waals surface area contributed by atoms with E-state index in [0.29, 0.717) is 13.0 Å². The van der Waals surface area contributed by atoms with Crippen LogP contribution >= 0.6 is 11.3 Å². The maximum atomic E-state index is 12.2. The Bertz CT molecular complexity index is 742. The standard InChI is InChI=1S/C20H20N2OS/c23-20(21-18-7-3-1-4-8-18)11-13-22(15-17-12-14-24-16-17)19-9-5-2-6-10-19/h1-10,12,14,16H,11,13,15H2,(H,21,23). The molecule has 0 fully saturated rings. The van der Waals surface area contributed by atoms with Crippen LogP contribution in [0, 0.1) is 0 Å². The number of nitrogens with zero attached hydrogens (tertiary/aromatic N) is 1. The van der Waals surface area contributed by atoms with E-state index in [4.69, 9.17) is 0 Å². The van der Waals surface area contributed by atoms with Crippen molar-refractivity contribution in [2.24, 2.45) is 0 Å². The van der Waals surface area contributed by atoms with Crippen molar-refractivity contribution in [2.45, 2.75) is 13.0 Å². The number of para-hydroxylation sites is 2. The SMILES string of the molecule is O=C(CCN(Cc1ccsc1)c1ccccc1)Nc1ccccc1. The molecule has 1 amide bonds. The van der Waals surface area contributed by atoms with Crippen LogP contribution in [0.15, 0.2) is 77.5 Å². The summed E-state index contributed by atoms with van der Waals surface area (Å²) < 4.78 is 0. The predicted molar refractivity (Wildman–Crippen MR) is 101 cm³/mol. The lowest BCUT2D eigenvalue weighted by atomic mass is 10.2. The zero-order valence-corrected chi connectivity index (χ0v) is 14.2. The van der Waals surface area contributed by atoms with Crippen LogP contribution in [0.4, 0.5) is 11.4 Å². The molecule has 0 bridgehead atoms. The molecule has 0 saturated heterocycles. The maximum absolute atomic E-state index is 12.2. The number of carbonyl (C=O) groups is 1. The van der Waals surface area contributed by atoms with Gasteiger partial charge in [0, 0.05) is 30.9 Å². The first-order chi connectivity index (χ1) is 11.8. The molecule has 3 nitrogen and oxygen atoms in total. The van der Waals surface area contributed by atoms with Crippen LogP contribution in [0.3, 0.4) is 0 Å². The van der Waals surface area contributed by atoms with Gasteiger partial charge in [0.05, 0.1) is 0 Å². The Morgan fingerprint density at radius 3 is 2.33 bits per heavy atom. The number of benzene rings is 2. The van der Waals surface area contributed by atoms with Crippen molar-refractivity contribution in [3.63, 3.8) is 0 Å². The number of hydrogen-bond acceptors (Lipinski definition) is 3. The molecular formula is C20H20N2OS. The molecule has 0 saturated carbocycles. The summed E-state index contributed by atoms with van der Waals surface area (Å²) in [6.45, 7) is 1.49. The second kappa shape index (κ2) is 8.31. The Morgan fingerprint density at radius 2 is 1.67 bits per heavy atom. The number of rotatable bonds is 7. The molecule has 2 aromatic carbocycles. The lowest BCUT2D eigenvalue weighted by Gasteiger charge is -2.24. The summed E-state index contributed by atoms with van der Waals surface area (Å²) in [6.07, 6.45) is 0.452. The molecule has 0 spiro atoms. The molecule has 0 radical (unpaired) electrons. The third-order valence-electron chi connectivity index (χ3n) is 3.74. The van der Waals surface area contributed by atoms with E-state index < -0.39 is 0 Å². The summed E-state index contributed by atoms with van der Waals surface area (Å²) >= 11 is 1.70. The van der Waals surface area contributed by atoms with E-state index in [2.05, 4.69) is 39.2 Å². The van der Waals surface area contributed by atoms with Crippen molar-refractivity contribution in [1.82, 2.24) is 0 Å². The van der Waals surface area contributed by atoms with E-state index in [0.717, 1.165) is 17.9 Å². The van der Waals surface area contributed by atoms with E-state index in [-0.39, 0.29) is 5.91 Å². The highest BCUT2D eigenvalue weighted by atomic mass is 32.1. The lowest BCUT2D eigenvalue weighted by Crippen LogP contribution is -2.27. The van der Waals surface area contributed by atoms with Crippen LogP contribution in [0.2, 0.25) is 0 Å². The van der Waals surface area contributed by atoms with Crippen molar-refractivity contribution in [3.8, 4) is 0 Å². The number of amides is 1. The normalized spacial score (nSPS) is 10.3. The fraction of sp³-hybridized carbons (Fsp3) is 0.150. The fourth-order valence-electron chi connectivity index (χ4n) is 2.52. The molecule has 0 aliphatic carbocycles. The molecule has 0 aliphatic rings. The highest BCUT2D eigenvalue weighted by Crippen LogP contribution is 2.18. The molecule has 0 atom stereocenters. The van der Waals surface area contributed by atoms with Gasteiger partial charge in [-0.05, 0) is 46.7 Å². The smallest absolute Gasteiger partial charge is 0.226 e. The Morgan fingerprint density at radius 1 is 0.958 bits per heavy atom.